The number of carbonyl (C=O) groups is 1. The molecule has 4 N–H and O–H groups in total. The number of nitrogens with two attached hydrogens (primary N) is 1. The highest BCUT2D eigenvalue weighted by molar-refractivity contribution is 5.97. The molecular formula is C8H9NO3. The number of carboxylic acids is 1. The van der Waals surface area contributed by atoms with E-state index in [1.165, 1.54) is 6.07 Å². The fraction of sp³-hybridized carbons (Fsp3) is 0.125. The van der Waals surface area contributed by atoms with Gasteiger partial charge in [0.25, 0.3) is 0 Å². The third-order valence-corrected chi connectivity index (χ3v) is 1.63. The molecule has 0 aliphatic heterocycles. The van der Waals surface area contributed by atoms with E-state index in [0.29, 0.717) is 5.56 Å². The molecular weight excluding hydrogens is 158 g/mol. The Morgan fingerprint density at radius 3 is 2.50 bits per heavy atom. The van der Waals surface area contributed by atoms with Crippen molar-refractivity contribution < 1.29 is 15.0 Å². The lowest BCUT2D eigenvalue weighted by molar-refractivity contribution is 0.0695. The summed E-state index contributed by atoms with van der Waals surface area (Å²) in [5.74, 6) is -1.48. The maximum atomic E-state index is 10.6. The van der Waals surface area contributed by atoms with Gasteiger partial charge in [0, 0.05) is 5.69 Å². The molecule has 64 valence electrons. The van der Waals surface area contributed by atoms with Crippen LogP contribution in [0, 0.1) is 6.92 Å². The Morgan fingerprint density at radius 1 is 1.50 bits per heavy atom. The number of rotatable bonds is 1. The number of carboxylic acid groups (broad SMARTS) is 1. The van der Waals surface area contributed by atoms with Crippen molar-refractivity contribution in [2.24, 2.45) is 0 Å². The summed E-state index contributed by atoms with van der Waals surface area (Å²) in [7, 11) is 0. The topological polar surface area (TPSA) is 83.6 Å². The minimum atomic E-state index is -1.21. The first-order valence-electron chi connectivity index (χ1n) is 3.35. The standard InChI is InChI=1S/C8H9NO3/c1-4-2-3-5(9)6(7(4)10)8(11)12/h2-3,10H,9H2,1H3,(H,11,12). The molecule has 1 aromatic rings. The van der Waals surface area contributed by atoms with Gasteiger partial charge in [-0.05, 0) is 18.6 Å². The van der Waals surface area contributed by atoms with Crippen molar-refractivity contribution in [3.8, 4) is 5.75 Å². The van der Waals surface area contributed by atoms with Crippen LogP contribution in [0.1, 0.15) is 15.9 Å². The number of anilines is 1. The van der Waals surface area contributed by atoms with Gasteiger partial charge in [0.15, 0.2) is 0 Å². The number of benzene rings is 1. The Hall–Kier alpha value is -1.71. The third kappa shape index (κ3) is 1.18. The summed E-state index contributed by atoms with van der Waals surface area (Å²) in [4.78, 5) is 10.6. The van der Waals surface area contributed by atoms with Gasteiger partial charge in [-0.25, -0.2) is 4.79 Å². The summed E-state index contributed by atoms with van der Waals surface area (Å²) < 4.78 is 0. The van der Waals surface area contributed by atoms with Crippen LogP contribution in [-0.2, 0) is 0 Å². The van der Waals surface area contributed by atoms with Crippen LogP contribution in [0.15, 0.2) is 12.1 Å². The summed E-state index contributed by atoms with van der Waals surface area (Å²) in [5.41, 5.74) is 5.70. The van der Waals surface area contributed by atoms with E-state index >= 15 is 0 Å². The van der Waals surface area contributed by atoms with Crippen molar-refractivity contribution in [1.82, 2.24) is 0 Å². The monoisotopic (exact) mass is 167 g/mol. The Labute approximate surface area is 69.3 Å². The van der Waals surface area contributed by atoms with Crippen molar-refractivity contribution in [3.05, 3.63) is 23.3 Å². The van der Waals surface area contributed by atoms with Gasteiger partial charge in [-0.3, -0.25) is 0 Å². The zero-order valence-electron chi connectivity index (χ0n) is 6.53. The lowest BCUT2D eigenvalue weighted by atomic mass is 10.1. The van der Waals surface area contributed by atoms with Crippen molar-refractivity contribution in [3.63, 3.8) is 0 Å². The predicted molar refractivity (Wildman–Crippen MR) is 44.2 cm³/mol. The molecule has 0 heterocycles. The van der Waals surface area contributed by atoms with E-state index in [1.54, 1.807) is 13.0 Å². The van der Waals surface area contributed by atoms with Gasteiger partial charge in [0.05, 0.1) is 0 Å². The van der Waals surface area contributed by atoms with Gasteiger partial charge in [0.1, 0.15) is 11.3 Å². The van der Waals surface area contributed by atoms with Crippen LogP contribution in [0.2, 0.25) is 0 Å². The largest absolute Gasteiger partial charge is 0.507 e. The highest BCUT2D eigenvalue weighted by Gasteiger charge is 2.14. The third-order valence-electron chi connectivity index (χ3n) is 1.63. The summed E-state index contributed by atoms with van der Waals surface area (Å²) in [6.45, 7) is 1.61. The smallest absolute Gasteiger partial charge is 0.341 e. The van der Waals surface area contributed by atoms with E-state index in [1.807, 2.05) is 0 Å². The first-order chi connectivity index (χ1) is 5.54. The molecule has 0 amide bonds. The number of hydrogen-bond donors (Lipinski definition) is 3. The highest BCUT2D eigenvalue weighted by Crippen LogP contribution is 2.26. The maximum absolute atomic E-state index is 10.6. The number of nitrogen functional groups attached to an aromatic ring is 1. The molecule has 0 radical (unpaired) electrons. The van der Waals surface area contributed by atoms with Crippen LogP contribution >= 0.6 is 0 Å². The fourth-order valence-electron chi connectivity index (χ4n) is 0.936. The Bertz CT molecular complexity index is 333. The second-order valence-electron chi connectivity index (χ2n) is 2.50. The van der Waals surface area contributed by atoms with Gasteiger partial charge >= 0.3 is 5.97 Å². The van der Waals surface area contributed by atoms with E-state index in [9.17, 15) is 9.90 Å². The molecule has 12 heavy (non-hydrogen) atoms. The molecule has 0 atom stereocenters. The summed E-state index contributed by atoms with van der Waals surface area (Å²) in [6, 6.07) is 3.02. The molecule has 0 aliphatic carbocycles. The number of hydrogen-bond acceptors (Lipinski definition) is 3. The molecule has 1 aromatic carbocycles. The first kappa shape index (κ1) is 8.39. The Morgan fingerprint density at radius 2 is 2.08 bits per heavy atom. The number of aryl methyl sites for hydroxylation is 1. The van der Waals surface area contributed by atoms with Crippen LogP contribution in [0.25, 0.3) is 0 Å². The fourth-order valence-corrected chi connectivity index (χ4v) is 0.936. The molecule has 0 aliphatic rings. The van der Waals surface area contributed by atoms with Crippen LogP contribution in [0.5, 0.6) is 5.75 Å². The van der Waals surface area contributed by atoms with Gasteiger partial charge in [-0.1, -0.05) is 6.07 Å². The zero-order valence-corrected chi connectivity index (χ0v) is 6.53. The number of phenols is 1. The van der Waals surface area contributed by atoms with Crippen molar-refractivity contribution >= 4 is 11.7 Å². The maximum Gasteiger partial charge on any atom is 0.341 e. The molecule has 4 nitrogen and oxygen atoms in total. The molecule has 0 saturated heterocycles. The lowest BCUT2D eigenvalue weighted by Crippen LogP contribution is -2.03. The average molecular weight is 167 g/mol. The van der Waals surface area contributed by atoms with Crippen molar-refractivity contribution in [2.45, 2.75) is 6.92 Å². The number of aromatic hydroxyl groups is 1. The highest BCUT2D eigenvalue weighted by atomic mass is 16.4. The van der Waals surface area contributed by atoms with E-state index in [-0.39, 0.29) is 17.0 Å². The molecule has 0 saturated carbocycles. The zero-order chi connectivity index (χ0) is 9.30. The molecule has 0 bridgehead atoms. The molecule has 1 rings (SSSR count). The van der Waals surface area contributed by atoms with Crippen LogP contribution in [0.3, 0.4) is 0 Å². The molecule has 0 spiro atoms. The van der Waals surface area contributed by atoms with Gasteiger partial charge in [-0.2, -0.15) is 0 Å². The van der Waals surface area contributed by atoms with E-state index in [4.69, 9.17) is 10.8 Å². The van der Waals surface area contributed by atoms with Crippen LogP contribution in [-0.4, -0.2) is 16.2 Å². The molecule has 0 aromatic heterocycles. The Balaban J connectivity index is 3.43. The number of aromatic carboxylic acids is 1. The molecule has 0 fully saturated rings. The summed E-state index contributed by atoms with van der Waals surface area (Å²) in [5, 5.41) is 17.9. The molecule has 4 heteroatoms. The van der Waals surface area contributed by atoms with E-state index in [0.717, 1.165) is 0 Å². The van der Waals surface area contributed by atoms with Gasteiger partial charge < -0.3 is 15.9 Å². The van der Waals surface area contributed by atoms with Crippen molar-refractivity contribution in [1.29, 1.82) is 0 Å². The van der Waals surface area contributed by atoms with Crippen LogP contribution < -0.4 is 5.73 Å². The van der Waals surface area contributed by atoms with E-state index in [2.05, 4.69) is 0 Å². The first-order valence-corrected chi connectivity index (χ1v) is 3.35. The van der Waals surface area contributed by atoms with Gasteiger partial charge in [-0.15, -0.1) is 0 Å². The Kier molecular flexibility index (Phi) is 1.91. The predicted octanol–water partition coefficient (Wildman–Crippen LogP) is 0.981. The van der Waals surface area contributed by atoms with Crippen molar-refractivity contribution in [2.75, 3.05) is 5.73 Å². The minimum Gasteiger partial charge on any atom is -0.507 e. The average Bonchev–Trinajstić information content (AvgIpc) is 1.97. The lowest BCUT2D eigenvalue weighted by Gasteiger charge is -2.05. The second-order valence-corrected chi connectivity index (χ2v) is 2.50. The quantitative estimate of drug-likeness (QED) is 0.544. The normalized spacial score (nSPS) is 9.75. The second kappa shape index (κ2) is 2.73. The minimum absolute atomic E-state index is 0.0746. The summed E-state index contributed by atoms with van der Waals surface area (Å²) >= 11 is 0. The van der Waals surface area contributed by atoms with Crippen LogP contribution in [0.4, 0.5) is 5.69 Å². The van der Waals surface area contributed by atoms with E-state index < -0.39 is 5.97 Å². The summed E-state index contributed by atoms with van der Waals surface area (Å²) in [6.07, 6.45) is 0. The SMILES string of the molecule is Cc1ccc(N)c(C(=O)O)c1O. The van der Waals surface area contributed by atoms with Gasteiger partial charge in [0.2, 0.25) is 0 Å². The molecule has 0 unspecified atom stereocenters.